The van der Waals surface area contributed by atoms with Crippen LogP contribution in [0.5, 0.6) is 0 Å². The van der Waals surface area contributed by atoms with E-state index in [9.17, 15) is 0 Å². The minimum Gasteiger partial charge on any atom is -0.228 e. The Morgan fingerprint density at radius 2 is 0.597 bits per heavy atom. The molecule has 2 heterocycles. The quantitative estimate of drug-likeness (QED) is 0.145. The zero-order valence-electron chi connectivity index (χ0n) is 36.4. The Bertz CT molecular complexity index is 3430. The van der Waals surface area contributed by atoms with Gasteiger partial charge < -0.3 is 0 Å². The molecular weight excluding hydrogens is 815 g/mol. The highest BCUT2D eigenvalue weighted by molar-refractivity contribution is 5.93. The number of fused-ring (bicyclic) bond motifs is 3. The highest BCUT2D eigenvalue weighted by Crippen LogP contribution is 2.58. The lowest BCUT2D eigenvalue weighted by Crippen LogP contribution is -2.28. The Balaban J connectivity index is 1.18. The zero-order valence-corrected chi connectivity index (χ0v) is 36.4. The Kier molecular flexibility index (Phi) is 9.99. The molecule has 314 valence electrons. The standard InChI is InChI=1S/C62H41N5/c1-7-21-42(22-8-1)43-35-37-47(38-36-43)59-65-58(46-27-13-4-14-28-46)66-61(67-59)53-40-55-51(50-33-19-20-34-54(50)62(55,48-29-15-5-16-30-48)49-31-17-6-18-32-49)39-52(53)60-63-56(44-23-9-2-10-24-44)41-57(64-60)45-25-11-3-12-26-45/h1-41H. The summed E-state index contributed by atoms with van der Waals surface area (Å²) in [5, 5.41) is 0. The molecule has 0 fully saturated rings. The van der Waals surface area contributed by atoms with E-state index in [1.165, 1.54) is 16.7 Å². The largest absolute Gasteiger partial charge is 0.228 e. The van der Waals surface area contributed by atoms with Crippen LogP contribution in [-0.4, -0.2) is 24.9 Å². The predicted molar refractivity (Wildman–Crippen MR) is 271 cm³/mol. The van der Waals surface area contributed by atoms with E-state index < -0.39 is 5.41 Å². The molecule has 0 aliphatic heterocycles. The van der Waals surface area contributed by atoms with Crippen molar-refractivity contribution in [3.63, 3.8) is 0 Å². The van der Waals surface area contributed by atoms with Gasteiger partial charge in [0.2, 0.25) is 0 Å². The van der Waals surface area contributed by atoms with Crippen molar-refractivity contribution in [2.24, 2.45) is 0 Å². The van der Waals surface area contributed by atoms with Crippen LogP contribution in [-0.2, 0) is 5.41 Å². The molecule has 0 bridgehead atoms. The highest BCUT2D eigenvalue weighted by atomic mass is 15.0. The molecule has 5 heteroatoms. The topological polar surface area (TPSA) is 64.5 Å². The van der Waals surface area contributed by atoms with Gasteiger partial charge in [-0.05, 0) is 62.7 Å². The van der Waals surface area contributed by atoms with Crippen LogP contribution in [0.15, 0.2) is 249 Å². The van der Waals surface area contributed by atoms with Crippen LogP contribution in [0.25, 0.3) is 90.3 Å². The first-order chi connectivity index (χ1) is 33.2. The van der Waals surface area contributed by atoms with Crippen LogP contribution in [0.1, 0.15) is 22.3 Å². The van der Waals surface area contributed by atoms with E-state index in [4.69, 9.17) is 24.9 Å². The highest BCUT2D eigenvalue weighted by Gasteiger charge is 2.46. The van der Waals surface area contributed by atoms with Crippen LogP contribution >= 0.6 is 0 Å². The van der Waals surface area contributed by atoms with Gasteiger partial charge in [0.1, 0.15) is 0 Å². The summed E-state index contributed by atoms with van der Waals surface area (Å²) in [6.07, 6.45) is 0. The first-order valence-corrected chi connectivity index (χ1v) is 22.6. The van der Waals surface area contributed by atoms with E-state index in [1.807, 2.05) is 60.7 Å². The summed E-state index contributed by atoms with van der Waals surface area (Å²) in [5.41, 5.74) is 15.5. The first kappa shape index (κ1) is 39.6. The SMILES string of the molecule is c1ccc(-c2ccc(-c3nc(-c4ccccc4)nc(-c4cc5c(cc4-c4nc(-c6ccccc6)cc(-c6ccccc6)n4)-c4ccccc4C5(c4ccccc4)c4ccccc4)n3)cc2)cc1. The van der Waals surface area contributed by atoms with Crippen molar-refractivity contribution >= 4 is 0 Å². The van der Waals surface area contributed by atoms with Crippen LogP contribution in [0, 0.1) is 0 Å². The predicted octanol–water partition coefficient (Wildman–Crippen LogP) is 14.7. The summed E-state index contributed by atoms with van der Waals surface area (Å²) in [4.78, 5) is 26.9. The maximum absolute atomic E-state index is 5.44. The molecule has 0 N–H and O–H groups in total. The second kappa shape index (κ2) is 16.9. The molecule has 0 amide bonds. The minimum atomic E-state index is -0.672. The van der Waals surface area contributed by atoms with E-state index in [0.717, 1.165) is 72.6 Å². The molecule has 1 aliphatic rings. The maximum Gasteiger partial charge on any atom is 0.164 e. The molecule has 0 saturated heterocycles. The van der Waals surface area contributed by atoms with E-state index >= 15 is 0 Å². The van der Waals surface area contributed by atoms with Gasteiger partial charge in [-0.2, -0.15) is 0 Å². The second-order valence-electron chi connectivity index (χ2n) is 16.8. The Morgan fingerprint density at radius 1 is 0.224 bits per heavy atom. The van der Waals surface area contributed by atoms with Gasteiger partial charge in [-0.15, -0.1) is 0 Å². The summed E-state index contributed by atoms with van der Waals surface area (Å²) in [5.74, 6) is 2.24. The Hall–Kier alpha value is -8.93. The fraction of sp³-hybridized carbons (Fsp3) is 0.0161. The van der Waals surface area contributed by atoms with E-state index in [2.05, 4.69) is 188 Å². The smallest absolute Gasteiger partial charge is 0.164 e. The molecule has 0 saturated carbocycles. The average Bonchev–Trinajstić information content (AvgIpc) is 3.72. The molecule has 1 aliphatic carbocycles. The summed E-state index contributed by atoms with van der Waals surface area (Å²) < 4.78 is 0. The van der Waals surface area contributed by atoms with Crippen molar-refractivity contribution in [3.8, 4) is 90.3 Å². The Morgan fingerprint density at radius 3 is 1.13 bits per heavy atom. The summed E-state index contributed by atoms with van der Waals surface area (Å²) >= 11 is 0. The Labute approximate surface area is 389 Å². The first-order valence-electron chi connectivity index (χ1n) is 22.6. The number of rotatable bonds is 9. The summed E-state index contributed by atoms with van der Waals surface area (Å²) in [6, 6.07) is 86.9. The van der Waals surface area contributed by atoms with Crippen molar-refractivity contribution in [1.29, 1.82) is 0 Å². The number of nitrogens with zero attached hydrogens (tertiary/aromatic N) is 5. The zero-order chi connectivity index (χ0) is 44.6. The van der Waals surface area contributed by atoms with Gasteiger partial charge in [0.15, 0.2) is 23.3 Å². The van der Waals surface area contributed by atoms with E-state index in [-0.39, 0.29) is 0 Å². The van der Waals surface area contributed by atoms with Gasteiger partial charge in [0.05, 0.1) is 16.8 Å². The molecule has 2 aromatic heterocycles. The summed E-state index contributed by atoms with van der Waals surface area (Å²) in [6.45, 7) is 0. The van der Waals surface area contributed by atoms with Crippen LogP contribution in [0.2, 0.25) is 0 Å². The lowest BCUT2D eigenvalue weighted by Gasteiger charge is -2.34. The molecule has 12 rings (SSSR count). The molecule has 0 unspecified atom stereocenters. The van der Waals surface area contributed by atoms with Crippen molar-refractivity contribution < 1.29 is 0 Å². The van der Waals surface area contributed by atoms with Crippen molar-refractivity contribution in [3.05, 3.63) is 271 Å². The van der Waals surface area contributed by atoms with Gasteiger partial charge >= 0.3 is 0 Å². The third kappa shape index (κ3) is 7.11. The lowest BCUT2D eigenvalue weighted by molar-refractivity contribution is 0.768. The molecule has 0 atom stereocenters. The molecule has 9 aromatic carbocycles. The van der Waals surface area contributed by atoms with Crippen molar-refractivity contribution in [2.45, 2.75) is 5.41 Å². The number of hydrogen-bond acceptors (Lipinski definition) is 5. The fourth-order valence-corrected chi connectivity index (χ4v) is 9.72. The van der Waals surface area contributed by atoms with Crippen LogP contribution in [0.3, 0.4) is 0 Å². The van der Waals surface area contributed by atoms with Gasteiger partial charge in [0.25, 0.3) is 0 Å². The monoisotopic (exact) mass is 855 g/mol. The fourth-order valence-electron chi connectivity index (χ4n) is 9.72. The average molecular weight is 856 g/mol. The van der Waals surface area contributed by atoms with E-state index in [1.54, 1.807) is 0 Å². The summed E-state index contributed by atoms with van der Waals surface area (Å²) in [7, 11) is 0. The third-order valence-corrected chi connectivity index (χ3v) is 12.9. The van der Waals surface area contributed by atoms with Crippen molar-refractivity contribution in [2.75, 3.05) is 0 Å². The molecule has 0 radical (unpaired) electrons. The van der Waals surface area contributed by atoms with E-state index in [0.29, 0.717) is 23.3 Å². The second-order valence-corrected chi connectivity index (χ2v) is 16.8. The minimum absolute atomic E-state index is 0.523. The molecule has 0 spiro atoms. The lowest BCUT2D eigenvalue weighted by atomic mass is 9.67. The molecule has 11 aromatic rings. The van der Waals surface area contributed by atoms with Gasteiger partial charge in [0, 0.05) is 33.4 Å². The molecule has 5 nitrogen and oxygen atoms in total. The van der Waals surface area contributed by atoms with Gasteiger partial charge in [-0.1, -0.05) is 231 Å². The number of aromatic nitrogens is 5. The molecular formula is C62H41N5. The number of benzene rings is 9. The third-order valence-electron chi connectivity index (χ3n) is 12.9. The normalized spacial score (nSPS) is 12.3. The van der Waals surface area contributed by atoms with Gasteiger partial charge in [-0.3, -0.25) is 0 Å². The van der Waals surface area contributed by atoms with Crippen LogP contribution in [0.4, 0.5) is 0 Å². The molecule has 67 heavy (non-hydrogen) atoms. The van der Waals surface area contributed by atoms with Crippen LogP contribution < -0.4 is 0 Å². The van der Waals surface area contributed by atoms with Crippen molar-refractivity contribution in [1.82, 2.24) is 24.9 Å². The number of hydrogen-bond donors (Lipinski definition) is 0. The maximum atomic E-state index is 5.44. The van der Waals surface area contributed by atoms with Gasteiger partial charge in [-0.25, -0.2) is 24.9 Å².